The molecular formula is C12H15FN. The minimum absolute atomic E-state index is 0.133. The van der Waals surface area contributed by atoms with E-state index >= 15 is 0 Å². The standard InChI is InChI=1S/C12H15FN/c1-10-5-4-8-14(10)9-11-6-2-3-7-12(11)13/h2,6-7,10H,4-5,8-9H2,1H3. The summed E-state index contributed by atoms with van der Waals surface area (Å²) < 4.78 is 13.3. The van der Waals surface area contributed by atoms with Gasteiger partial charge in [0.15, 0.2) is 0 Å². The summed E-state index contributed by atoms with van der Waals surface area (Å²) in [6, 6.07) is 8.35. The highest BCUT2D eigenvalue weighted by Crippen LogP contribution is 2.20. The highest BCUT2D eigenvalue weighted by Gasteiger charge is 2.20. The van der Waals surface area contributed by atoms with Crippen LogP contribution in [0.5, 0.6) is 0 Å². The Morgan fingerprint density at radius 2 is 2.50 bits per heavy atom. The maximum Gasteiger partial charge on any atom is 0.128 e. The molecule has 1 aliphatic rings. The Morgan fingerprint density at radius 1 is 1.64 bits per heavy atom. The van der Waals surface area contributed by atoms with Gasteiger partial charge in [-0.1, -0.05) is 12.1 Å². The molecule has 2 rings (SSSR count). The molecule has 1 aromatic rings. The van der Waals surface area contributed by atoms with Gasteiger partial charge in [-0.3, -0.25) is 4.90 Å². The second kappa shape index (κ2) is 4.09. The van der Waals surface area contributed by atoms with Crippen molar-refractivity contribution in [3.8, 4) is 0 Å². The van der Waals surface area contributed by atoms with E-state index in [2.05, 4.69) is 17.9 Å². The topological polar surface area (TPSA) is 3.24 Å². The fourth-order valence-corrected chi connectivity index (χ4v) is 2.02. The molecule has 2 heteroatoms. The van der Waals surface area contributed by atoms with Crippen molar-refractivity contribution in [3.05, 3.63) is 35.6 Å². The van der Waals surface area contributed by atoms with Crippen LogP contribution in [0.2, 0.25) is 0 Å². The SMILES string of the molecule is CC1CCCN1Cc1cc[c]cc1F. The Bertz CT molecular complexity index is 311. The molecule has 1 unspecified atom stereocenters. The average molecular weight is 192 g/mol. The zero-order valence-corrected chi connectivity index (χ0v) is 8.46. The Morgan fingerprint density at radius 3 is 3.14 bits per heavy atom. The second-order valence-electron chi connectivity index (χ2n) is 3.98. The molecule has 1 nitrogen and oxygen atoms in total. The number of hydrogen-bond acceptors (Lipinski definition) is 1. The fraction of sp³-hybridized carbons (Fsp3) is 0.500. The molecule has 1 atom stereocenters. The van der Waals surface area contributed by atoms with Gasteiger partial charge in [0, 0.05) is 18.2 Å². The lowest BCUT2D eigenvalue weighted by atomic mass is 10.2. The summed E-state index contributed by atoms with van der Waals surface area (Å²) in [6.07, 6.45) is 2.47. The number of nitrogens with zero attached hydrogens (tertiary/aromatic N) is 1. The highest BCUT2D eigenvalue weighted by atomic mass is 19.1. The van der Waals surface area contributed by atoms with E-state index in [0.29, 0.717) is 6.04 Å². The van der Waals surface area contributed by atoms with Crippen LogP contribution in [0.15, 0.2) is 18.2 Å². The predicted molar refractivity (Wildman–Crippen MR) is 54.3 cm³/mol. The van der Waals surface area contributed by atoms with Crippen LogP contribution in [0.3, 0.4) is 0 Å². The summed E-state index contributed by atoms with van der Waals surface area (Å²) in [5.41, 5.74) is 0.789. The maximum atomic E-state index is 13.3. The molecule has 1 heterocycles. The van der Waals surface area contributed by atoms with Crippen molar-refractivity contribution >= 4 is 0 Å². The zero-order valence-electron chi connectivity index (χ0n) is 8.46. The quantitative estimate of drug-likeness (QED) is 0.696. The van der Waals surface area contributed by atoms with Gasteiger partial charge in [0.2, 0.25) is 0 Å². The highest BCUT2D eigenvalue weighted by molar-refractivity contribution is 5.16. The zero-order chi connectivity index (χ0) is 9.97. The molecule has 0 saturated carbocycles. The lowest BCUT2D eigenvalue weighted by molar-refractivity contribution is 0.256. The first-order chi connectivity index (χ1) is 6.77. The van der Waals surface area contributed by atoms with Crippen LogP contribution in [0.4, 0.5) is 4.39 Å². The van der Waals surface area contributed by atoms with Gasteiger partial charge >= 0.3 is 0 Å². The fourth-order valence-electron chi connectivity index (χ4n) is 2.02. The summed E-state index contributed by atoms with van der Waals surface area (Å²) in [5, 5.41) is 0. The number of likely N-dealkylation sites (tertiary alicyclic amines) is 1. The Hall–Kier alpha value is -0.890. The van der Waals surface area contributed by atoms with E-state index in [-0.39, 0.29) is 5.82 Å². The molecule has 0 N–H and O–H groups in total. The van der Waals surface area contributed by atoms with Gasteiger partial charge in [-0.25, -0.2) is 4.39 Å². The van der Waals surface area contributed by atoms with Gasteiger partial charge in [-0.15, -0.1) is 0 Å². The average Bonchev–Trinajstić information content (AvgIpc) is 2.56. The molecular weight excluding hydrogens is 177 g/mol. The van der Waals surface area contributed by atoms with Crippen molar-refractivity contribution in [1.82, 2.24) is 4.90 Å². The lowest BCUT2D eigenvalue weighted by Crippen LogP contribution is -2.26. The second-order valence-corrected chi connectivity index (χ2v) is 3.98. The lowest BCUT2D eigenvalue weighted by Gasteiger charge is -2.20. The van der Waals surface area contributed by atoms with Crippen LogP contribution in [-0.2, 0) is 6.54 Å². The van der Waals surface area contributed by atoms with Crippen molar-refractivity contribution < 1.29 is 4.39 Å². The Kier molecular flexibility index (Phi) is 2.82. The van der Waals surface area contributed by atoms with E-state index < -0.39 is 0 Å². The largest absolute Gasteiger partial charge is 0.296 e. The summed E-state index contributed by atoms with van der Waals surface area (Å²) in [5.74, 6) is -0.133. The first-order valence-electron chi connectivity index (χ1n) is 5.16. The Balaban J connectivity index is 2.07. The number of hydrogen-bond donors (Lipinski definition) is 0. The van der Waals surface area contributed by atoms with E-state index in [9.17, 15) is 4.39 Å². The van der Waals surface area contributed by atoms with E-state index in [1.165, 1.54) is 18.9 Å². The van der Waals surface area contributed by atoms with Gasteiger partial charge in [0.1, 0.15) is 5.82 Å². The third-order valence-electron chi connectivity index (χ3n) is 2.96. The third kappa shape index (κ3) is 1.95. The molecule has 0 aliphatic carbocycles. The molecule has 1 radical (unpaired) electrons. The first-order valence-corrected chi connectivity index (χ1v) is 5.16. The van der Waals surface area contributed by atoms with Crippen LogP contribution in [0.25, 0.3) is 0 Å². The van der Waals surface area contributed by atoms with Crippen LogP contribution < -0.4 is 0 Å². The van der Waals surface area contributed by atoms with Crippen molar-refractivity contribution in [2.75, 3.05) is 6.54 Å². The van der Waals surface area contributed by atoms with Gasteiger partial charge in [0.25, 0.3) is 0 Å². The van der Waals surface area contributed by atoms with Crippen molar-refractivity contribution in [2.24, 2.45) is 0 Å². The van der Waals surface area contributed by atoms with Gasteiger partial charge < -0.3 is 0 Å². The van der Waals surface area contributed by atoms with Gasteiger partial charge in [-0.2, -0.15) is 0 Å². The molecule has 0 bridgehead atoms. The Labute approximate surface area is 84.5 Å². The van der Waals surface area contributed by atoms with Gasteiger partial charge in [-0.05, 0) is 38.4 Å². The van der Waals surface area contributed by atoms with Crippen LogP contribution >= 0.6 is 0 Å². The molecule has 75 valence electrons. The molecule has 1 fully saturated rings. The molecule has 14 heavy (non-hydrogen) atoms. The van der Waals surface area contributed by atoms with E-state index in [1.807, 2.05) is 6.07 Å². The van der Waals surface area contributed by atoms with Crippen molar-refractivity contribution in [1.29, 1.82) is 0 Å². The molecule has 1 aromatic carbocycles. The van der Waals surface area contributed by atoms with Crippen molar-refractivity contribution in [3.63, 3.8) is 0 Å². The smallest absolute Gasteiger partial charge is 0.128 e. The van der Waals surface area contributed by atoms with Crippen LogP contribution in [-0.4, -0.2) is 17.5 Å². The monoisotopic (exact) mass is 192 g/mol. The maximum absolute atomic E-state index is 13.3. The minimum atomic E-state index is -0.133. The predicted octanol–water partition coefficient (Wildman–Crippen LogP) is 2.61. The molecule has 0 spiro atoms. The molecule has 1 saturated heterocycles. The first kappa shape index (κ1) is 9.66. The van der Waals surface area contributed by atoms with Gasteiger partial charge in [0.05, 0.1) is 0 Å². The van der Waals surface area contributed by atoms with E-state index in [1.54, 1.807) is 6.07 Å². The van der Waals surface area contributed by atoms with E-state index in [0.717, 1.165) is 18.7 Å². The third-order valence-corrected chi connectivity index (χ3v) is 2.96. The molecule has 0 amide bonds. The van der Waals surface area contributed by atoms with E-state index in [4.69, 9.17) is 0 Å². The summed E-state index contributed by atoms with van der Waals surface area (Å²) in [7, 11) is 0. The number of halogens is 1. The molecule has 1 aliphatic heterocycles. The number of benzene rings is 1. The van der Waals surface area contributed by atoms with Crippen LogP contribution in [0, 0.1) is 11.9 Å². The normalized spacial score (nSPS) is 22.9. The summed E-state index contributed by atoms with van der Waals surface area (Å²) in [6.45, 7) is 4.04. The number of rotatable bonds is 2. The summed E-state index contributed by atoms with van der Waals surface area (Å²) in [4.78, 5) is 2.33. The minimum Gasteiger partial charge on any atom is -0.296 e. The summed E-state index contributed by atoms with van der Waals surface area (Å²) >= 11 is 0. The van der Waals surface area contributed by atoms with Crippen molar-refractivity contribution in [2.45, 2.75) is 32.4 Å². The van der Waals surface area contributed by atoms with Crippen LogP contribution in [0.1, 0.15) is 25.3 Å². The molecule has 0 aromatic heterocycles.